The lowest BCUT2D eigenvalue weighted by Gasteiger charge is -2.10. The molecule has 0 radical (unpaired) electrons. The van der Waals surface area contributed by atoms with Crippen molar-refractivity contribution in [2.45, 2.75) is 33.1 Å². The first-order chi connectivity index (χ1) is 7.79. The number of para-hydroxylation sites is 1. The van der Waals surface area contributed by atoms with Crippen molar-refractivity contribution in [3.05, 3.63) is 34.3 Å². The summed E-state index contributed by atoms with van der Waals surface area (Å²) in [6.07, 6.45) is 7.91. The largest absolute Gasteiger partial charge is 0.384 e. The molecular formula is C14H20BrN. The van der Waals surface area contributed by atoms with Crippen LogP contribution >= 0.6 is 15.9 Å². The molecule has 0 aliphatic carbocycles. The summed E-state index contributed by atoms with van der Waals surface area (Å²) < 4.78 is 1.14. The standard InChI is InChI=1S/C14H20BrN/c1-3-5-6-8-12-9-7-10-13(15)14(12)16-11-4-2/h6-10,16H,3-5,11H2,1-2H3/b8-6+. The van der Waals surface area contributed by atoms with Gasteiger partial charge in [-0.25, -0.2) is 0 Å². The molecule has 2 heteroatoms. The first-order valence-electron chi connectivity index (χ1n) is 5.98. The lowest BCUT2D eigenvalue weighted by Crippen LogP contribution is -2.02. The van der Waals surface area contributed by atoms with Gasteiger partial charge in [-0.15, -0.1) is 0 Å². The third-order valence-corrected chi connectivity index (χ3v) is 3.01. The second-order valence-corrected chi connectivity index (χ2v) is 4.68. The summed E-state index contributed by atoms with van der Waals surface area (Å²) in [7, 11) is 0. The van der Waals surface area contributed by atoms with Gasteiger partial charge in [0.05, 0.1) is 5.69 Å². The Labute approximate surface area is 107 Å². The smallest absolute Gasteiger partial charge is 0.0558 e. The van der Waals surface area contributed by atoms with Gasteiger partial charge in [0.15, 0.2) is 0 Å². The maximum atomic E-state index is 3.59. The van der Waals surface area contributed by atoms with Crippen LogP contribution in [0.2, 0.25) is 0 Å². The van der Waals surface area contributed by atoms with Gasteiger partial charge in [0.25, 0.3) is 0 Å². The number of unbranched alkanes of at least 4 members (excludes halogenated alkanes) is 1. The monoisotopic (exact) mass is 281 g/mol. The van der Waals surface area contributed by atoms with E-state index >= 15 is 0 Å². The van der Waals surface area contributed by atoms with Gasteiger partial charge in [-0.2, -0.15) is 0 Å². The van der Waals surface area contributed by atoms with Crippen LogP contribution in [0.25, 0.3) is 6.08 Å². The van der Waals surface area contributed by atoms with Gasteiger partial charge in [-0.1, -0.05) is 44.6 Å². The summed E-state index contributed by atoms with van der Waals surface area (Å²) in [6, 6.07) is 6.30. The van der Waals surface area contributed by atoms with E-state index in [1.165, 1.54) is 17.7 Å². The number of nitrogens with one attached hydrogen (secondary N) is 1. The molecule has 0 heterocycles. The van der Waals surface area contributed by atoms with Crippen molar-refractivity contribution in [2.75, 3.05) is 11.9 Å². The number of allylic oxidation sites excluding steroid dienone is 1. The number of hydrogen-bond donors (Lipinski definition) is 1. The quantitative estimate of drug-likeness (QED) is 0.766. The van der Waals surface area contributed by atoms with Gasteiger partial charge in [-0.05, 0) is 40.4 Å². The van der Waals surface area contributed by atoms with Crippen molar-refractivity contribution >= 4 is 27.7 Å². The van der Waals surface area contributed by atoms with E-state index in [9.17, 15) is 0 Å². The van der Waals surface area contributed by atoms with E-state index in [2.05, 4.69) is 65.4 Å². The zero-order valence-corrected chi connectivity index (χ0v) is 11.7. The van der Waals surface area contributed by atoms with Gasteiger partial charge >= 0.3 is 0 Å². The summed E-state index contributed by atoms with van der Waals surface area (Å²) in [6.45, 7) is 5.38. The second-order valence-electron chi connectivity index (χ2n) is 3.82. The maximum Gasteiger partial charge on any atom is 0.0558 e. The van der Waals surface area contributed by atoms with Crippen LogP contribution in [0.4, 0.5) is 5.69 Å². The molecule has 0 saturated heterocycles. The summed E-state index contributed by atoms with van der Waals surface area (Å²) in [5.74, 6) is 0. The summed E-state index contributed by atoms with van der Waals surface area (Å²) in [5.41, 5.74) is 2.47. The van der Waals surface area contributed by atoms with Crippen molar-refractivity contribution in [3.63, 3.8) is 0 Å². The highest BCUT2D eigenvalue weighted by Gasteiger charge is 2.02. The molecule has 0 saturated carbocycles. The predicted molar refractivity (Wildman–Crippen MR) is 76.9 cm³/mol. The van der Waals surface area contributed by atoms with Crippen molar-refractivity contribution in [2.24, 2.45) is 0 Å². The van der Waals surface area contributed by atoms with Gasteiger partial charge in [0.1, 0.15) is 0 Å². The fourth-order valence-electron chi connectivity index (χ4n) is 1.49. The van der Waals surface area contributed by atoms with E-state index in [1.807, 2.05) is 0 Å². The SMILES string of the molecule is CCC/C=C/c1cccc(Br)c1NCCC. The number of benzene rings is 1. The van der Waals surface area contributed by atoms with Crippen LogP contribution in [0.3, 0.4) is 0 Å². The Bertz CT molecular complexity index is 345. The van der Waals surface area contributed by atoms with Gasteiger partial charge < -0.3 is 5.32 Å². The Hall–Kier alpha value is -0.760. The highest BCUT2D eigenvalue weighted by atomic mass is 79.9. The minimum absolute atomic E-state index is 1.01. The normalized spacial score (nSPS) is 10.9. The highest BCUT2D eigenvalue weighted by molar-refractivity contribution is 9.10. The molecule has 1 aromatic carbocycles. The number of hydrogen-bond acceptors (Lipinski definition) is 1. The summed E-state index contributed by atoms with van der Waals surface area (Å²) in [5, 5.41) is 3.46. The van der Waals surface area contributed by atoms with Crippen LogP contribution in [-0.4, -0.2) is 6.54 Å². The van der Waals surface area contributed by atoms with Crippen LogP contribution in [0.15, 0.2) is 28.7 Å². The van der Waals surface area contributed by atoms with E-state index < -0.39 is 0 Å². The fraction of sp³-hybridized carbons (Fsp3) is 0.429. The number of anilines is 1. The van der Waals surface area contributed by atoms with Crippen LogP contribution in [-0.2, 0) is 0 Å². The second kappa shape index (κ2) is 7.50. The van der Waals surface area contributed by atoms with E-state index in [0.29, 0.717) is 0 Å². The average molecular weight is 282 g/mol. The average Bonchev–Trinajstić information content (AvgIpc) is 2.28. The predicted octanol–water partition coefficient (Wildman–Crippen LogP) is 5.08. The van der Waals surface area contributed by atoms with Gasteiger partial charge in [-0.3, -0.25) is 0 Å². The van der Waals surface area contributed by atoms with E-state index in [-0.39, 0.29) is 0 Å². The van der Waals surface area contributed by atoms with Crippen LogP contribution < -0.4 is 5.32 Å². The highest BCUT2D eigenvalue weighted by Crippen LogP contribution is 2.27. The van der Waals surface area contributed by atoms with Crippen molar-refractivity contribution in [1.82, 2.24) is 0 Å². The van der Waals surface area contributed by atoms with Crippen LogP contribution in [0.1, 0.15) is 38.7 Å². The molecule has 88 valence electrons. The molecule has 0 amide bonds. The van der Waals surface area contributed by atoms with Crippen LogP contribution in [0.5, 0.6) is 0 Å². The molecule has 0 aliphatic heterocycles. The minimum Gasteiger partial charge on any atom is -0.384 e. The molecule has 0 spiro atoms. The first kappa shape index (κ1) is 13.3. The molecule has 0 atom stereocenters. The Morgan fingerprint density at radius 1 is 1.25 bits per heavy atom. The topological polar surface area (TPSA) is 12.0 Å². The molecule has 0 aromatic heterocycles. The zero-order valence-electron chi connectivity index (χ0n) is 10.1. The molecular weight excluding hydrogens is 262 g/mol. The molecule has 1 aromatic rings. The van der Waals surface area contributed by atoms with Crippen molar-refractivity contribution in [1.29, 1.82) is 0 Å². The molecule has 1 rings (SSSR count). The Balaban J connectivity index is 2.84. The van der Waals surface area contributed by atoms with Gasteiger partial charge in [0, 0.05) is 11.0 Å². The molecule has 0 aliphatic rings. The van der Waals surface area contributed by atoms with Crippen LogP contribution in [0, 0.1) is 0 Å². The molecule has 0 fully saturated rings. The number of halogens is 1. The molecule has 0 bridgehead atoms. The van der Waals surface area contributed by atoms with E-state index in [0.717, 1.165) is 23.9 Å². The third-order valence-electron chi connectivity index (χ3n) is 2.35. The Morgan fingerprint density at radius 3 is 2.75 bits per heavy atom. The fourth-order valence-corrected chi connectivity index (χ4v) is 2.01. The third kappa shape index (κ3) is 4.01. The molecule has 16 heavy (non-hydrogen) atoms. The maximum absolute atomic E-state index is 3.59. The Kier molecular flexibility index (Phi) is 6.24. The molecule has 1 N–H and O–H groups in total. The molecule has 1 nitrogen and oxygen atoms in total. The number of rotatable bonds is 6. The molecule has 0 unspecified atom stereocenters. The van der Waals surface area contributed by atoms with E-state index in [1.54, 1.807) is 0 Å². The van der Waals surface area contributed by atoms with Crippen molar-refractivity contribution < 1.29 is 0 Å². The first-order valence-corrected chi connectivity index (χ1v) is 6.77. The van der Waals surface area contributed by atoms with Gasteiger partial charge in [0.2, 0.25) is 0 Å². The lowest BCUT2D eigenvalue weighted by atomic mass is 10.1. The summed E-state index contributed by atoms with van der Waals surface area (Å²) in [4.78, 5) is 0. The Morgan fingerprint density at radius 2 is 2.06 bits per heavy atom. The summed E-state index contributed by atoms with van der Waals surface area (Å²) >= 11 is 3.59. The minimum atomic E-state index is 1.01. The van der Waals surface area contributed by atoms with Crippen molar-refractivity contribution in [3.8, 4) is 0 Å². The lowest BCUT2D eigenvalue weighted by molar-refractivity contribution is 0.962. The van der Waals surface area contributed by atoms with E-state index in [4.69, 9.17) is 0 Å². The zero-order chi connectivity index (χ0) is 11.8.